The fraction of sp³-hybridized carbons (Fsp3) is 0.316. The molecule has 26 heavy (non-hydrogen) atoms. The molecule has 0 bridgehead atoms. The topological polar surface area (TPSA) is 79.7 Å². The smallest absolute Gasteiger partial charge is 0.331 e. The van der Waals surface area contributed by atoms with Crippen molar-refractivity contribution in [3.63, 3.8) is 0 Å². The Bertz CT molecular complexity index is 852. The largest absolute Gasteiger partial charge is 0.493 e. The minimum atomic E-state index is -0.596. The lowest BCUT2D eigenvalue weighted by atomic mass is 10.1. The van der Waals surface area contributed by atoms with Crippen LogP contribution in [0.25, 0.3) is 6.08 Å². The van der Waals surface area contributed by atoms with Gasteiger partial charge in [0.15, 0.2) is 23.9 Å². The highest BCUT2D eigenvalue weighted by Crippen LogP contribution is 2.27. The van der Waals surface area contributed by atoms with Crippen LogP contribution in [0.5, 0.6) is 11.5 Å². The molecule has 7 heteroatoms. The van der Waals surface area contributed by atoms with Gasteiger partial charge in [-0.3, -0.25) is 9.48 Å². The highest BCUT2D eigenvalue weighted by atomic mass is 16.5. The number of rotatable bonds is 7. The number of carbonyl (C=O) groups excluding carboxylic acids is 2. The fourth-order valence-electron chi connectivity index (χ4n) is 2.46. The molecular formula is C19H22N2O5. The summed E-state index contributed by atoms with van der Waals surface area (Å²) in [5.41, 5.74) is 2.98. The van der Waals surface area contributed by atoms with Crippen molar-refractivity contribution in [1.29, 1.82) is 0 Å². The number of hydrogen-bond donors (Lipinski definition) is 0. The van der Waals surface area contributed by atoms with Gasteiger partial charge in [0, 0.05) is 29.9 Å². The maximum atomic E-state index is 12.2. The molecule has 0 unspecified atom stereocenters. The van der Waals surface area contributed by atoms with Gasteiger partial charge in [0.25, 0.3) is 0 Å². The van der Waals surface area contributed by atoms with Crippen molar-refractivity contribution in [3.8, 4) is 11.5 Å². The summed E-state index contributed by atoms with van der Waals surface area (Å²) in [7, 11) is 4.83. The summed E-state index contributed by atoms with van der Waals surface area (Å²) in [4.78, 5) is 24.1. The van der Waals surface area contributed by atoms with Crippen molar-refractivity contribution >= 4 is 17.8 Å². The summed E-state index contributed by atoms with van der Waals surface area (Å²) in [6.45, 7) is 3.41. The van der Waals surface area contributed by atoms with Crippen LogP contribution < -0.4 is 9.47 Å². The van der Waals surface area contributed by atoms with Crippen LogP contribution in [-0.4, -0.2) is 42.4 Å². The summed E-state index contributed by atoms with van der Waals surface area (Å²) in [6, 6.07) is 4.77. The molecule has 138 valence electrons. The second-order valence-electron chi connectivity index (χ2n) is 5.64. The van der Waals surface area contributed by atoms with E-state index in [-0.39, 0.29) is 12.4 Å². The van der Waals surface area contributed by atoms with Crippen LogP contribution >= 0.6 is 0 Å². The summed E-state index contributed by atoms with van der Waals surface area (Å²) < 4.78 is 17.0. The molecule has 0 amide bonds. The molecule has 0 aliphatic carbocycles. The van der Waals surface area contributed by atoms with Crippen molar-refractivity contribution in [2.75, 3.05) is 20.8 Å². The zero-order valence-electron chi connectivity index (χ0n) is 15.5. The second-order valence-corrected chi connectivity index (χ2v) is 5.64. The molecule has 1 aromatic heterocycles. The standard InChI is InChI=1S/C19H22N2O5/c1-12-15(13(2)21(3)20-12)7-9-19(23)26-11-16(22)14-6-8-17(24-4)18(10-14)25-5/h6-10H,11H2,1-5H3/b9-7+. The van der Waals surface area contributed by atoms with E-state index in [0.29, 0.717) is 17.1 Å². The Hall–Kier alpha value is -3.09. The lowest BCUT2D eigenvalue weighted by molar-refractivity contribution is -0.136. The zero-order chi connectivity index (χ0) is 19.3. The minimum Gasteiger partial charge on any atom is -0.493 e. The predicted octanol–water partition coefficient (Wildman–Crippen LogP) is 2.49. The lowest BCUT2D eigenvalue weighted by Gasteiger charge is -2.09. The maximum Gasteiger partial charge on any atom is 0.331 e. The van der Waals surface area contributed by atoms with Crippen LogP contribution in [0.4, 0.5) is 0 Å². The van der Waals surface area contributed by atoms with Crippen molar-refractivity contribution in [1.82, 2.24) is 9.78 Å². The van der Waals surface area contributed by atoms with Crippen molar-refractivity contribution < 1.29 is 23.8 Å². The molecule has 1 heterocycles. The molecular weight excluding hydrogens is 336 g/mol. The van der Waals surface area contributed by atoms with Gasteiger partial charge in [-0.2, -0.15) is 5.10 Å². The fourth-order valence-corrected chi connectivity index (χ4v) is 2.46. The molecule has 0 spiro atoms. The number of nitrogens with zero attached hydrogens (tertiary/aromatic N) is 2. The summed E-state index contributed by atoms with van der Waals surface area (Å²) in [5, 5.41) is 4.27. The summed E-state index contributed by atoms with van der Waals surface area (Å²) in [5.74, 6) is 0.0289. The van der Waals surface area contributed by atoms with Gasteiger partial charge in [-0.15, -0.1) is 0 Å². The Labute approximate surface area is 152 Å². The van der Waals surface area contributed by atoms with Crippen molar-refractivity contribution in [2.24, 2.45) is 7.05 Å². The number of esters is 1. The van der Waals surface area contributed by atoms with Crippen molar-refractivity contribution in [2.45, 2.75) is 13.8 Å². The van der Waals surface area contributed by atoms with E-state index < -0.39 is 5.97 Å². The molecule has 0 fully saturated rings. The van der Waals surface area contributed by atoms with Crippen molar-refractivity contribution in [3.05, 3.63) is 46.8 Å². The van der Waals surface area contributed by atoms with Gasteiger partial charge in [-0.05, 0) is 38.1 Å². The third-order valence-corrected chi connectivity index (χ3v) is 4.00. The van der Waals surface area contributed by atoms with Gasteiger partial charge in [0.2, 0.25) is 0 Å². The van der Waals surface area contributed by atoms with Gasteiger partial charge in [-0.25, -0.2) is 4.79 Å². The normalized spacial score (nSPS) is 10.8. The Morgan fingerprint density at radius 2 is 1.85 bits per heavy atom. The lowest BCUT2D eigenvalue weighted by Crippen LogP contribution is -2.12. The third-order valence-electron chi connectivity index (χ3n) is 4.00. The van der Waals surface area contributed by atoms with E-state index in [4.69, 9.17) is 14.2 Å². The van der Waals surface area contributed by atoms with E-state index in [9.17, 15) is 9.59 Å². The molecule has 2 aromatic rings. The molecule has 0 atom stereocenters. The molecule has 0 aliphatic rings. The van der Waals surface area contributed by atoms with Gasteiger partial charge >= 0.3 is 5.97 Å². The number of Topliss-reactive ketones (excluding diaryl/α,β-unsaturated/α-hetero) is 1. The summed E-state index contributed by atoms with van der Waals surface area (Å²) >= 11 is 0. The molecule has 0 N–H and O–H groups in total. The highest BCUT2D eigenvalue weighted by molar-refractivity contribution is 5.99. The first-order valence-electron chi connectivity index (χ1n) is 7.97. The van der Waals surface area contributed by atoms with E-state index >= 15 is 0 Å². The van der Waals surface area contributed by atoms with Gasteiger partial charge in [0.05, 0.1) is 19.9 Å². The first-order chi connectivity index (χ1) is 12.4. The number of hydrogen-bond acceptors (Lipinski definition) is 6. The number of carbonyl (C=O) groups is 2. The van der Waals surface area contributed by atoms with Gasteiger partial charge in [0.1, 0.15) is 0 Å². The van der Waals surface area contributed by atoms with Gasteiger partial charge < -0.3 is 14.2 Å². The Balaban J connectivity index is 1.98. The Morgan fingerprint density at radius 1 is 1.15 bits per heavy atom. The molecule has 0 saturated heterocycles. The SMILES string of the molecule is COc1ccc(C(=O)COC(=O)/C=C/c2c(C)nn(C)c2C)cc1OC. The van der Waals surface area contributed by atoms with Crippen LogP contribution in [0.3, 0.4) is 0 Å². The third kappa shape index (κ3) is 4.30. The number of benzene rings is 1. The van der Waals surface area contributed by atoms with E-state index in [2.05, 4.69) is 5.10 Å². The number of ketones is 1. The van der Waals surface area contributed by atoms with Crippen LogP contribution in [0.2, 0.25) is 0 Å². The minimum absolute atomic E-state index is 0.332. The van der Waals surface area contributed by atoms with Crippen LogP contribution in [0.15, 0.2) is 24.3 Å². The van der Waals surface area contributed by atoms with Crippen LogP contribution in [0, 0.1) is 13.8 Å². The number of aromatic nitrogens is 2. The van der Waals surface area contributed by atoms with E-state index in [1.165, 1.54) is 20.3 Å². The van der Waals surface area contributed by atoms with Crippen LogP contribution in [0.1, 0.15) is 27.3 Å². The quantitative estimate of drug-likeness (QED) is 0.430. The number of methoxy groups -OCH3 is 2. The van der Waals surface area contributed by atoms with Crippen LogP contribution in [-0.2, 0) is 16.6 Å². The second kappa shape index (κ2) is 8.33. The molecule has 0 saturated carbocycles. The highest BCUT2D eigenvalue weighted by Gasteiger charge is 2.13. The van der Waals surface area contributed by atoms with Gasteiger partial charge in [-0.1, -0.05) is 0 Å². The monoisotopic (exact) mass is 358 g/mol. The first-order valence-corrected chi connectivity index (χ1v) is 7.97. The molecule has 0 aliphatic heterocycles. The predicted molar refractivity (Wildman–Crippen MR) is 96.6 cm³/mol. The summed E-state index contributed by atoms with van der Waals surface area (Å²) in [6.07, 6.45) is 2.93. The van der Waals surface area contributed by atoms with E-state index in [1.54, 1.807) is 29.0 Å². The first kappa shape index (κ1) is 19.2. The Morgan fingerprint density at radius 3 is 2.42 bits per heavy atom. The van der Waals surface area contributed by atoms with E-state index in [1.807, 2.05) is 20.9 Å². The number of ether oxygens (including phenoxy) is 3. The molecule has 2 rings (SSSR count). The average molecular weight is 358 g/mol. The maximum absolute atomic E-state index is 12.2. The average Bonchev–Trinajstić information content (AvgIpc) is 2.88. The van der Waals surface area contributed by atoms with E-state index in [0.717, 1.165) is 17.0 Å². The Kier molecular flexibility index (Phi) is 6.16. The molecule has 7 nitrogen and oxygen atoms in total. The zero-order valence-corrected chi connectivity index (χ0v) is 15.5. The molecule has 1 aromatic carbocycles. The number of aryl methyl sites for hydroxylation is 2. The molecule has 0 radical (unpaired) electrons.